The third-order valence-electron chi connectivity index (χ3n) is 2.15. The summed E-state index contributed by atoms with van der Waals surface area (Å²) in [7, 11) is 0. The van der Waals surface area contributed by atoms with E-state index in [-0.39, 0.29) is 59.4 Å². The first-order chi connectivity index (χ1) is 6.09. The van der Waals surface area contributed by atoms with Crippen molar-refractivity contribution in [2.75, 3.05) is 0 Å². The second-order valence-corrected chi connectivity index (χ2v) is 4.68. The molecule has 0 aromatic carbocycles. The average molecular weight is 309 g/mol. The summed E-state index contributed by atoms with van der Waals surface area (Å²) >= 11 is 1.63. The normalized spacial score (nSPS) is 25.9. The maximum absolute atomic E-state index is 11.1. The molecule has 2 rings (SSSR count). The van der Waals surface area contributed by atoms with Gasteiger partial charge in [0.15, 0.2) is 0 Å². The van der Waals surface area contributed by atoms with E-state index in [1.807, 2.05) is 6.92 Å². The van der Waals surface area contributed by atoms with Crippen molar-refractivity contribution in [1.29, 1.82) is 0 Å². The van der Waals surface area contributed by atoms with Crippen molar-refractivity contribution >= 4 is 60.9 Å². The Bertz CT molecular complexity index is 324. The first-order valence-corrected chi connectivity index (χ1v) is 4.96. The third-order valence-corrected chi connectivity index (χ3v) is 3.41. The van der Waals surface area contributed by atoms with Crippen LogP contribution in [0.2, 0.25) is 0 Å². The summed E-state index contributed by atoms with van der Waals surface area (Å²) in [5.41, 5.74) is 0.146. The molecule has 0 saturated carbocycles. The van der Waals surface area contributed by atoms with Crippen molar-refractivity contribution in [2.24, 2.45) is 0 Å². The van der Waals surface area contributed by atoms with Gasteiger partial charge in [0.25, 0.3) is 0 Å². The molecule has 1 amide bonds. The maximum atomic E-state index is 11.1. The van der Waals surface area contributed by atoms with Gasteiger partial charge < -0.3 is 5.11 Å². The van der Waals surface area contributed by atoms with Crippen LogP contribution in [0.1, 0.15) is 13.3 Å². The van der Waals surface area contributed by atoms with Gasteiger partial charge in [0.1, 0.15) is 5.70 Å². The molecule has 0 radical (unpaired) electrons. The van der Waals surface area contributed by atoms with E-state index in [9.17, 15) is 9.59 Å². The number of halogens is 3. The lowest BCUT2D eigenvalue weighted by Gasteiger charge is -2.43. The predicted octanol–water partition coefficient (Wildman–Crippen LogP) is 1.91. The number of thioether (sulfide) groups is 1. The standard InChI is InChI=1S/C8H9NO3S.3ClH/c1-4-2-5(8(11)12)9-6(10)3-7(9)13-4;;;/h2,4,7H,3H2,1H3,(H,11,12);3*1H/t4?,7-;;;/m1.../s1. The number of fused-ring (bicyclic) bond motifs is 1. The molecule has 0 bridgehead atoms. The summed E-state index contributed by atoms with van der Waals surface area (Å²) in [6.07, 6.45) is 2.10. The van der Waals surface area contributed by atoms with E-state index in [4.69, 9.17) is 5.11 Å². The minimum Gasteiger partial charge on any atom is -0.477 e. The van der Waals surface area contributed by atoms with E-state index in [2.05, 4.69) is 0 Å². The molecule has 2 atom stereocenters. The fourth-order valence-corrected chi connectivity index (χ4v) is 2.84. The van der Waals surface area contributed by atoms with E-state index in [1.165, 1.54) is 4.90 Å². The zero-order valence-electron chi connectivity index (χ0n) is 8.28. The van der Waals surface area contributed by atoms with Crippen molar-refractivity contribution in [3.63, 3.8) is 0 Å². The number of aliphatic carboxylic acids is 1. The lowest BCUT2D eigenvalue weighted by Crippen LogP contribution is -2.53. The highest BCUT2D eigenvalue weighted by Gasteiger charge is 2.44. The lowest BCUT2D eigenvalue weighted by atomic mass is 10.1. The third kappa shape index (κ3) is 2.97. The van der Waals surface area contributed by atoms with Crippen LogP contribution in [0.25, 0.3) is 0 Å². The van der Waals surface area contributed by atoms with Gasteiger partial charge in [-0.2, -0.15) is 0 Å². The number of β-lactam (4-membered cyclic amide) rings is 1. The Hall–Kier alpha value is -0.100. The number of carboxylic acid groups (broad SMARTS) is 1. The van der Waals surface area contributed by atoms with Crippen LogP contribution in [0.5, 0.6) is 0 Å². The van der Waals surface area contributed by atoms with Gasteiger partial charge in [0.2, 0.25) is 5.91 Å². The Morgan fingerprint density at radius 3 is 2.50 bits per heavy atom. The topological polar surface area (TPSA) is 57.6 Å². The molecule has 0 aliphatic carbocycles. The van der Waals surface area contributed by atoms with Gasteiger partial charge >= 0.3 is 5.97 Å². The van der Waals surface area contributed by atoms with Crippen molar-refractivity contribution in [3.8, 4) is 0 Å². The molecule has 2 heterocycles. The summed E-state index contributed by atoms with van der Waals surface area (Å²) in [4.78, 5) is 23.2. The molecule has 1 saturated heterocycles. The largest absolute Gasteiger partial charge is 0.477 e. The molecule has 0 aromatic heterocycles. The van der Waals surface area contributed by atoms with Gasteiger partial charge in [-0.05, 0) is 13.0 Å². The van der Waals surface area contributed by atoms with Crippen LogP contribution in [0.15, 0.2) is 11.8 Å². The fourth-order valence-electron chi connectivity index (χ4n) is 1.55. The highest BCUT2D eigenvalue weighted by atomic mass is 35.5. The van der Waals surface area contributed by atoms with Crippen LogP contribution < -0.4 is 0 Å². The van der Waals surface area contributed by atoms with Crippen LogP contribution in [-0.2, 0) is 9.59 Å². The Labute approximate surface area is 116 Å². The molecule has 4 nitrogen and oxygen atoms in total. The quantitative estimate of drug-likeness (QED) is 0.752. The Kier molecular flexibility index (Phi) is 7.53. The molecular formula is C8H12Cl3NO3S. The number of carbonyl (C=O) groups is 2. The van der Waals surface area contributed by atoms with E-state index in [0.717, 1.165) is 0 Å². The van der Waals surface area contributed by atoms with E-state index in [0.29, 0.717) is 6.42 Å². The lowest BCUT2D eigenvalue weighted by molar-refractivity contribution is -0.146. The maximum Gasteiger partial charge on any atom is 0.352 e. The SMILES string of the molecule is CC1C=C(C(=O)O)N2C(=O)C[C@H]2S1.Cl.Cl.Cl. The highest BCUT2D eigenvalue weighted by molar-refractivity contribution is 8.00. The number of hydrogen-bond acceptors (Lipinski definition) is 3. The van der Waals surface area contributed by atoms with Gasteiger partial charge in [-0.1, -0.05) is 0 Å². The van der Waals surface area contributed by atoms with Gasteiger partial charge in [0.05, 0.1) is 11.8 Å². The summed E-state index contributed by atoms with van der Waals surface area (Å²) in [5.74, 6) is -1.09. The Balaban J connectivity index is 0. The molecule has 0 aromatic rings. The van der Waals surface area contributed by atoms with E-state index >= 15 is 0 Å². The van der Waals surface area contributed by atoms with Crippen LogP contribution in [0, 0.1) is 0 Å². The number of amides is 1. The van der Waals surface area contributed by atoms with Gasteiger partial charge in [0, 0.05) is 5.25 Å². The first kappa shape index (κ1) is 18.3. The first-order valence-electron chi connectivity index (χ1n) is 4.02. The number of hydrogen-bond donors (Lipinski definition) is 1. The zero-order chi connectivity index (χ0) is 9.59. The molecule has 2 aliphatic heterocycles. The van der Waals surface area contributed by atoms with Crippen LogP contribution in [-0.4, -0.2) is 32.5 Å². The second-order valence-electron chi connectivity index (χ2n) is 3.12. The molecular weight excluding hydrogens is 297 g/mol. The molecule has 2 aliphatic rings. The summed E-state index contributed by atoms with van der Waals surface area (Å²) in [6, 6.07) is 0. The smallest absolute Gasteiger partial charge is 0.352 e. The zero-order valence-corrected chi connectivity index (χ0v) is 11.5. The number of rotatable bonds is 1. The minimum absolute atomic E-state index is 0. The number of nitrogens with zero attached hydrogens (tertiary/aromatic N) is 1. The monoisotopic (exact) mass is 307 g/mol. The summed E-state index contributed by atoms with van der Waals surface area (Å²) in [5, 5.41) is 9.06. The minimum atomic E-state index is -1.01. The van der Waals surface area contributed by atoms with Gasteiger partial charge in [-0.3, -0.25) is 9.69 Å². The average Bonchev–Trinajstić information content (AvgIpc) is 2.01. The Morgan fingerprint density at radius 2 is 2.06 bits per heavy atom. The van der Waals surface area contributed by atoms with Crippen LogP contribution in [0.4, 0.5) is 0 Å². The highest BCUT2D eigenvalue weighted by Crippen LogP contribution is 2.40. The van der Waals surface area contributed by atoms with Gasteiger partial charge in [-0.15, -0.1) is 49.0 Å². The summed E-state index contributed by atoms with van der Waals surface area (Å²) in [6.45, 7) is 1.94. The predicted molar refractivity (Wildman–Crippen MR) is 69.8 cm³/mol. The van der Waals surface area contributed by atoms with E-state index < -0.39 is 5.97 Å². The summed E-state index contributed by atoms with van der Waals surface area (Å²) < 4.78 is 0. The van der Waals surface area contributed by atoms with Crippen molar-refractivity contribution in [1.82, 2.24) is 4.90 Å². The van der Waals surface area contributed by atoms with Crippen LogP contribution >= 0.6 is 49.0 Å². The van der Waals surface area contributed by atoms with Crippen LogP contribution in [0.3, 0.4) is 0 Å². The van der Waals surface area contributed by atoms with Crippen molar-refractivity contribution in [3.05, 3.63) is 11.8 Å². The number of carbonyl (C=O) groups excluding carboxylic acids is 1. The van der Waals surface area contributed by atoms with Crippen molar-refractivity contribution in [2.45, 2.75) is 24.0 Å². The fraction of sp³-hybridized carbons (Fsp3) is 0.500. The van der Waals surface area contributed by atoms with E-state index in [1.54, 1.807) is 17.8 Å². The molecule has 0 spiro atoms. The van der Waals surface area contributed by atoms with Crippen molar-refractivity contribution < 1.29 is 14.7 Å². The second kappa shape index (κ2) is 6.59. The number of carboxylic acids is 1. The van der Waals surface area contributed by atoms with Gasteiger partial charge in [-0.25, -0.2) is 4.79 Å². The Morgan fingerprint density at radius 1 is 1.50 bits per heavy atom. The molecule has 16 heavy (non-hydrogen) atoms. The molecule has 94 valence electrons. The molecule has 1 unspecified atom stereocenters. The molecule has 1 fully saturated rings. The molecule has 8 heteroatoms. The molecule has 1 N–H and O–H groups in total.